The highest BCUT2D eigenvalue weighted by Gasteiger charge is 2.33. The predicted molar refractivity (Wildman–Crippen MR) is 125 cm³/mol. The molecule has 2 aromatic rings. The van der Waals surface area contributed by atoms with E-state index < -0.39 is 11.7 Å². The molecule has 0 unspecified atom stereocenters. The van der Waals surface area contributed by atoms with E-state index in [4.69, 9.17) is 0 Å². The smallest absolute Gasteiger partial charge is 0.376 e. The maximum Gasteiger partial charge on any atom is 0.416 e. The number of hydrogen-bond donors (Lipinski definition) is 1. The third kappa shape index (κ3) is 6.93. The first-order valence-corrected chi connectivity index (χ1v) is 11.4. The summed E-state index contributed by atoms with van der Waals surface area (Å²) >= 11 is 0. The van der Waals surface area contributed by atoms with Crippen LogP contribution in [0.5, 0.6) is 0 Å². The lowest BCUT2D eigenvalue weighted by molar-refractivity contribution is -0.139. The summed E-state index contributed by atoms with van der Waals surface area (Å²) < 4.78 is 53.1. The summed E-state index contributed by atoms with van der Waals surface area (Å²) in [6.07, 6.45) is -3.74. The molecule has 0 radical (unpaired) electrons. The highest BCUT2D eigenvalue weighted by atomic mass is 19.4. The van der Waals surface area contributed by atoms with Gasteiger partial charge in [0.2, 0.25) is 5.91 Å². The minimum absolute atomic E-state index is 0.0216. The molecule has 5 nitrogen and oxygen atoms in total. The standard InChI is InChI=1S/C25H32F4N4O/c1-31(2)14-15-33(18-20-6-3-4-8-22(20)25(27,28)29)24(34)16-30-23-9-5-7-19-17-32(13-11-26)12-10-21(19)23/h3-9,30H,10-18H2,1-2H3. The molecule has 0 aliphatic carbocycles. The third-order valence-electron chi connectivity index (χ3n) is 6.03. The molecule has 34 heavy (non-hydrogen) atoms. The maximum atomic E-state index is 13.5. The highest BCUT2D eigenvalue weighted by Crippen LogP contribution is 2.32. The molecule has 0 atom stereocenters. The van der Waals surface area contributed by atoms with E-state index in [1.54, 1.807) is 6.07 Å². The number of nitrogens with one attached hydrogen (secondary N) is 1. The first-order chi connectivity index (χ1) is 16.2. The topological polar surface area (TPSA) is 38.8 Å². The van der Waals surface area contributed by atoms with E-state index in [1.807, 2.05) is 37.2 Å². The lowest BCUT2D eigenvalue weighted by Gasteiger charge is -2.30. The SMILES string of the molecule is CN(C)CCN(Cc1ccccc1C(F)(F)F)C(=O)CNc1cccc2c1CCN(CCF)C2. The van der Waals surface area contributed by atoms with Crippen LogP contribution in [0.25, 0.3) is 0 Å². The molecule has 1 N–H and O–H groups in total. The number of rotatable bonds is 10. The molecular formula is C25H32F4N4O. The van der Waals surface area contributed by atoms with E-state index >= 15 is 0 Å². The summed E-state index contributed by atoms with van der Waals surface area (Å²) in [6, 6.07) is 11.2. The molecule has 2 aromatic carbocycles. The minimum atomic E-state index is -4.48. The van der Waals surface area contributed by atoms with Crippen LogP contribution < -0.4 is 5.32 Å². The number of fused-ring (bicyclic) bond motifs is 1. The number of alkyl halides is 4. The van der Waals surface area contributed by atoms with Crippen LogP contribution in [0, 0.1) is 0 Å². The van der Waals surface area contributed by atoms with Gasteiger partial charge in [0.1, 0.15) is 6.67 Å². The lowest BCUT2D eigenvalue weighted by atomic mass is 9.97. The van der Waals surface area contributed by atoms with Crippen molar-refractivity contribution in [2.75, 3.05) is 58.8 Å². The number of carbonyl (C=O) groups excluding carboxylic acids is 1. The largest absolute Gasteiger partial charge is 0.416 e. The van der Waals surface area contributed by atoms with Crippen LogP contribution in [0.4, 0.5) is 23.2 Å². The summed E-state index contributed by atoms with van der Waals surface area (Å²) in [5.74, 6) is -0.272. The molecule has 0 bridgehead atoms. The number of halogens is 4. The Morgan fingerprint density at radius 1 is 1.09 bits per heavy atom. The molecule has 0 spiro atoms. The van der Waals surface area contributed by atoms with Crippen LogP contribution in [-0.4, -0.2) is 74.1 Å². The molecule has 1 aliphatic heterocycles. The summed E-state index contributed by atoms with van der Waals surface area (Å²) in [6.45, 7) is 2.12. The monoisotopic (exact) mass is 480 g/mol. The van der Waals surface area contributed by atoms with Crippen molar-refractivity contribution in [1.82, 2.24) is 14.7 Å². The van der Waals surface area contributed by atoms with E-state index in [1.165, 1.54) is 17.0 Å². The maximum absolute atomic E-state index is 13.5. The van der Waals surface area contributed by atoms with Gasteiger partial charge in [0, 0.05) is 45.0 Å². The summed E-state index contributed by atoms with van der Waals surface area (Å²) in [5, 5.41) is 3.20. The second-order valence-corrected chi connectivity index (χ2v) is 8.79. The van der Waals surface area contributed by atoms with E-state index in [9.17, 15) is 22.4 Å². The van der Waals surface area contributed by atoms with Crippen LogP contribution in [0.1, 0.15) is 22.3 Å². The fourth-order valence-electron chi connectivity index (χ4n) is 4.18. The second-order valence-electron chi connectivity index (χ2n) is 8.79. The Morgan fingerprint density at radius 3 is 2.56 bits per heavy atom. The molecule has 0 saturated carbocycles. The zero-order chi connectivity index (χ0) is 24.7. The summed E-state index contributed by atoms with van der Waals surface area (Å²) in [4.78, 5) is 18.5. The Balaban J connectivity index is 1.72. The van der Waals surface area contributed by atoms with Crippen molar-refractivity contribution in [3.05, 3.63) is 64.7 Å². The molecule has 0 saturated heterocycles. The normalized spacial score (nSPS) is 14.2. The zero-order valence-electron chi connectivity index (χ0n) is 19.7. The first kappa shape index (κ1) is 26.0. The first-order valence-electron chi connectivity index (χ1n) is 11.4. The quantitative estimate of drug-likeness (QED) is 0.521. The van der Waals surface area contributed by atoms with Gasteiger partial charge in [-0.05, 0) is 49.3 Å². The average Bonchev–Trinajstić information content (AvgIpc) is 2.79. The summed E-state index contributed by atoms with van der Waals surface area (Å²) in [5.41, 5.74) is 2.40. The number of anilines is 1. The Bertz CT molecular complexity index is 964. The van der Waals surface area contributed by atoms with Gasteiger partial charge in [0.15, 0.2) is 0 Å². The number of likely N-dealkylation sites (N-methyl/N-ethyl adjacent to an activating group) is 1. The van der Waals surface area contributed by atoms with Crippen molar-refractivity contribution in [2.45, 2.75) is 25.7 Å². The van der Waals surface area contributed by atoms with Crippen molar-refractivity contribution >= 4 is 11.6 Å². The van der Waals surface area contributed by atoms with Gasteiger partial charge in [-0.25, -0.2) is 4.39 Å². The zero-order valence-corrected chi connectivity index (χ0v) is 19.7. The van der Waals surface area contributed by atoms with Crippen LogP contribution >= 0.6 is 0 Å². The molecule has 0 aromatic heterocycles. The fourth-order valence-corrected chi connectivity index (χ4v) is 4.18. The van der Waals surface area contributed by atoms with Crippen LogP contribution in [-0.2, 0) is 30.5 Å². The van der Waals surface area contributed by atoms with E-state index in [2.05, 4.69) is 10.2 Å². The molecule has 1 heterocycles. The number of benzene rings is 2. The van der Waals surface area contributed by atoms with Crippen molar-refractivity contribution in [3.8, 4) is 0 Å². The lowest BCUT2D eigenvalue weighted by Crippen LogP contribution is -2.40. The van der Waals surface area contributed by atoms with Crippen molar-refractivity contribution in [2.24, 2.45) is 0 Å². The van der Waals surface area contributed by atoms with Crippen LogP contribution in [0.3, 0.4) is 0 Å². The van der Waals surface area contributed by atoms with Gasteiger partial charge in [0.25, 0.3) is 0 Å². The van der Waals surface area contributed by atoms with Crippen LogP contribution in [0.2, 0.25) is 0 Å². The number of carbonyl (C=O) groups is 1. The van der Waals surface area contributed by atoms with E-state index in [0.29, 0.717) is 26.2 Å². The van der Waals surface area contributed by atoms with E-state index in [0.717, 1.165) is 35.8 Å². The Labute approximate surface area is 198 Å². The Hall–Kier alpha value is -2.65. The van der Waals surface area contributed by atoms with Gasteiger partial charge < -0.3 is 15.1 Å². The minimum Gasteiger partial charge on any atom is -0.376 e. The molecule has 186 valence electrons. The van der Waals surface area contributed by atoms with Crippen molar-refractivity contribution in [3.63, 3.8) is 0 Å². The average molecular weight is 481 g/mol. The third-order valence-corrected chi connectivity index (χ3v) is 6.03. The predicted octanol–water partition coefficient (Wildman–Crippen LogP) is 4.04. The molecule has 1 aliphatic rings. The highest BCUT2D eigenvalue weighted by molar-refractivity contribution is 5.81. The number of nitrogens with zero attached hydrogens (tertiary/aromatic N) is 3. The van der Waals surface area contributed by atoms with Gasteiger partial charge in [-0.1, -0.05) is 30.3 Å². The summed E-state index contributed by atoms with van der Waals surface area (Å²) in [7, 11) is 3.71. The van der Waals surface area contributed by atoms with Gasteiger partial charge in [0.05, 0.1) is 12.1 Å². The molecule has 9 heteroatoms. The second kappa shape index (κ2) is 11.7. The number of hydrogen-bond acceptors (Lipinski definition) is 4. The van der Waals surface area contributed by atoms with Crippen molar-refractivity contribution < 1.29 is 22.4 Å². The van der Waals surface area contributed by atoms with Gasteiger partial charge in [-0.3, -0.25) is 9.69 Å². The van der Waals surface area contributed by atoms with Gasteiger partial charge in [-0.15, -0.1) is 0 Å². The van der Waals surface area contributed by atoms with E-state index in [-0.39, 0.29) is 31.2 Å². The number of amides is 1. The van der Waals surface area contributed by atoms with Gasteiger partial charge >= 0.3 is 6.18 Å². The molecule has 3 rings (SSSR count). The fraction of sp³-hybridized carbons (Fsp3) is 0.480. The van der Waals surface area contributed by atoms with Crippen LogP contribution in [0.15, 0.2) is 42.5 Å². The molecular weight excluding hydrogens is 448 g/mol. The van der Waals surface area contributed by atoms with Crippen molar-refractivity contribution in [1.29, 1.82) is 0 Å². The molecule has 1 amide bonds. The molecule has 0 fully saturated rings. The Kier molecular flexibility index (Phi) is 8.90. The van der Waals surface area contributed by atoms with Gasteiger partial charge in [-0.2, -0.15) is 13.2 Å². The Morgan fingerprint density at radius 2 is 1.85 bits per heavy atom.